The van der Waals surface area contributed by atoms with Gasteiger partial charge in [-0.05, 0) is 23.3 Å². The van der Waals surface area contributed by atoms with Crippen molar-refractivity contribution in [2.75, 3.05) is 5.32 Å². The molecule has 0 amide bonds. The molecule has 2 aromatic heterocycles. The van der Waals surface area contributed by atoms with Gasteiger partial charge in [0.25, 0.3) is 0 Å². The summed E-state index contributed by atoms with van der Waals surface area (Å²) in [5.74, 6) is 1.05. The minimum absolute atomic E-state index is 0.554. The van der Waals surface area contributed by atoms with Crippen LogP contribution in [0.2, 0.25) is 0 Å². The van der Waals surface area contributed by atoms with Crippen LogP contribution >= 0.6 is 0 Å². The lowest BCUT2D eigenvalue weighted by Crippen LogP contribution is -2.08. The van der Waals surface area contributed by atoms with Crippen LogP contribution in [0.1, 0.15) is 11.1 Å². The number of anilines is 1. The van der Waals surface area contributed by atoms with E-state index < -0.39 is 0 Å². The van der Waals surface area contributed by atoms with Crippen molar-refractivity contribution in [2.24, 2.45) is 12.8 Å². The first-order chi connectivity index (χ1) is 10.3. The summed E-state index contributed by atoms with van der Waals surface area (Å²) < 4.78 is 1.93. The number of benzene rings is 1. The molecule has 1 aliphatic heterocycles. The Balaban J connectivity index is 1.84. The first-order valence-corrected chi connectivity index (χ1v) is 7.04. The fourth-order valence-corrected chi connectivity index (χ4v) is 2.95. The summed E-state index contributed by atoms with van der Waals surface area (Å²) in [4.78, 5) is 3.47. The van der Waals surface area contributed by atoms with E-state index in [1.54, 1.807) is 0 Å². The maximum absolute atomic E-state index is 5.73. The molecule has 0 spiro atoms. The van der Waals surface area contributed by atoms with Crippen LogP contribution in [-0.2, 0) is 20.1 Å². The molecule has 5 heteroatoms. The van der Waals surface area contributed by atoms with E-state index in [9.17, 15) is 0 Å². The highest BCUT2D eigenvalue weighted by atomic mass is 15.3. The Morgan fingerprint density at radius 1 is 1.33 bits per heavy atom. The van der Waals surface area contributed by atoms with E-state index in [1.165, 1.54) is 16.8 Å². The smallest absolute Gasteiger partial charge is 0.113 e. The Kier molecular flexibility index (Phi) is 2.62. The van der Waals surface area contributed by atoms with E-state index in [0.29, 0.717) is 6.54 Å². The number of hydrogen-bond donors (Lipinski definition) is 3. The monoisotopic (exact) mass is 279 g/mol. The molecule has 4 rings (SSSR count). The second-order valence-corrected chi connectivity index (χ2v) is 5.37. The van der Waals surface area contributed by atoms with Gasteiger partial charge in [0.2, 0.25) is 0 Å². The number of H-pyrrole nitrogens is 1. The molecular formula is C16H17N5. The quantitative estimate of drug-likeness (QED) is 0.675. The van der Waals surface area contributed by atoms with Gasteiger partial charge in [-0.25, -0.2) is 0 Å². The van der Waals surface area contributed by atoms with Crippen LogP contribution in [0.5, 0.6) is 0 Å². The third-order valence-electron chi connectivity index (χ3n) is 4.02. The number of aryl methyl sites for hydroxylation is 1. The van der Waals surface area contributed by atoms with Crippen LogP contribution in [0.25, 0.3) is 22.5 Å². The van der Waals surface area contributed by atoms with Crippen LogP contribution in [-0.4, -0.2) is 14.8 Å². The molecule has 4 N–H and O–H groups in total. The van der Waals surface area contributed by atoms with Gasteiger partial charge in [-0.1, -0.05) is 18.2 Å². The Hall–Kier alpha value is -2.53. The van der Waals surface area contributed by atoms with E-state index >= 15 is 0 Å². The van der Waals surface area contributed by atoms with E-state index in [2.05, 4.69) is 33.6 Å². The highest BCUT2D eigenvalue weighted by Crippen LogP contribution is 2.38. The van der Waals surface area contributed by atoms with E-state index in [-0.39, 0.29) is 0 Å². The summed E-state index contributed by atoms with van der Waals surface area (Å²) in [5, 5.41) is 7.77. The minimum Gasteiger partial charge on any atom is -0.367 e. The van der Waals surface area contributed by atoms with E-state index in [4.69, 9.17) is 5.73 Å². The fraction of sp³-hybridized carbons (Fsp3) is 0.188. The van der Waals surface area contributed by atoms with Crippen LogP contribution in [0.4, 0.5) is 5.82 Å². The molecule has 0 bridgehead atoms. The number of hydrogen-bond acceptors (Lipinski definition) is 3. The van der Waals surface area contributed by atoms with Crippen LogP contribution < -0.4 is 11.1 Å². The molecular weight excluding hydrogens is 262 g/mol. The van der Waals surface area contributed by atoms with Gasteiger partial charge in [0.05, 0.1) is 11.9 Å². The summed E-state index contributed by atoms with van der Waals surface area (Å²) in [7, 11) is 1.98. The van der Waals surface area contributed by atoms with Crippen molar-refractivity contribution in [2.45, 2.75) is 13.1 Å². The molecule has 1 aromatic carbocycles. The van der Waals surface area contributed by atoms with Crippen LogP contribution in [0.3, 0.4) is 0 Å². The third kappa shape index (κ3) is 1.86. The average molecular weight is 279 g/mol. The molecule has 0 radical (unpaired) electrons. The van der Waals surface area contributed by atoms with E-state index in [1.807, 2.05) is 30.1 Å². The molecule has 0 fully saturated rings. The van der Waals surface area contributed by atoms with Crippen molar-refractivity contribution >= 4 is 5.82 Å². The van der Waals surface area contributed by atoms with Gasteiger partial charge in [0.15, 0.2) is 0 Å². The van der Waals surface area contributed by atoms with Crippen LogP contribution in [0, 0.1) is 0 Å². The predicted molar refractivity (Wildman–Crippen MR) is 83.6 cm³/mol. The summed E-state index contributed by atoms with van der Waals surface area (Å²) in [6, 6.07) is 10.5. The molecule has 3 aromatic rings. The number of nitrogens with one attached hydrogen (secondary N) is 2. The first kappa shape index (κ1) is 12.2. The lowest BCUT2D eigenvalue weighted by atomic mass is 10.0. The van der Waals surface area contributed by atoms with Crippen molar-refractivity contribution in [1.82, 2.24) is 14.8 Å². The zero-order valence-electron chi connectivity index (χ0n) is 11.9. The molecule has 106 valence electrons. The Bertz CT molecular complexity index is 812. The van der Waals surface area contributed by atoms with Crippen molar-refractivity contribution in [3.8, 4) is 22.5 Å². The highest BCUT2D eigenvalue weighted by molar-refractivity contribution is 5.84. The molecule has 1 aliphatic rings. The summed E-state index contributed by atoms with van der Waals surface area (Å²) >= 11 is 0. The van der Waals surface area contributed by atoms with Crippen molar-refractivity contribution < 1.29 is 0 Å². The molecule has 5 nitrogen and oxygen atoms in total. The number of aromatic nitrogens is 3. The number of fused-ring (bicyclic) bond motifs is 3. The molecule has 0 unspecified atom stereocenters. The number of nitrogens with two attached hydrogens (primary N) is 1. The Morgan fingerprint density at radius 2 is 2.24 bits per heavy atom. The average Bonchev–Trinajstić information content (AvgIpc) is 3.10. The summed E-state index contributed by atoms with van der Waals surface area (Å²) in [6.45, 7) is 1.36. The van der Waals surface area contributed by atoms with Gasteiger partial charge in [0.1, 0.15) is 5.82 Å². The minimum atomic E-state index is 0.554. The van der Waals surface area contributed by atoms with E-state index in [0.717, 1.165) is 29.2 Å². The molecule has 3 heterocycles. The molecule has 0 aliphatic carbocycles. The maximum Gasteiger partial charge on any atom is 0.113 e. The first-order valence-electron chi connectivity index (χ1n) is 7.04. The summed E-state index contributed by atoms with van der Waals surface area (Å²) in [5.41, 5.74) is 12.7. The molecule has 0 saturated heterocycles. The van der Waals surface area contributed by atoms with Crippen molar-refractivity contribution in [1.29, 1.82) is 0 Å². The third-order valence-corrected chi connectivity index (χ3v) is 4.02. The zero-order chi connectivity index (χ0) is 14.4. The number of nitrogens with zero attached hydrogens (tertiary/aromatic N) is 2. The predicted octanol–water partition coefficient (Wildman–Crippen LogP) is 2.47. The SMILES string of the molecule is Cn1ncc2c1-c1cc(-c3cccc(CN)c3)[nH]c1NC2. The maximum atomic E-state index is 5.73. The van der Waals surface area contributed by atoms with Gasteiger partial charge in [0, 0.05) is 37.0 Å². The second-order valence-electron chi connectivity index (χ2n) is 5.37. The second kappa shape index (κ2) is 4.49. The molecule has 21 heavy (non-hydrogen) atoms. The Labute approximate surface area is 122 Å². The Morgan fingerprint density at radius 3 is 3.10 bits per heavy atom. The topological polar surface area (TPSA) is 71.7 Å². The van der Waals surface area contributed by atoms with Crippen molar-refractivity contribution in [3.63, 3.8) is 0 Å². The van der Waals surface area contributed by atoms with Gasteiger partial charge >= 0.3 is 0 Å². The normalized spacial score (nSPS) is 12.7. The highest BCUT2D eigenvalue weighted by Gasteiger charge is 2.22. The lowest BCUT2D eigenvalue weighted by molar-refractivity contribution is 0.775. The molecule has 0 atom stereocenters. The van der Waals surface area contributed by atoms with Gasteiger partial charge in [-0.15, -0.1) is 0 Å². The number of rotatable bonds is 2. The van der Waals surface area contributed by atoms with Gasteiger partial charge < -0.3 is 16.0 Å². The summed E-state index contributed by atoms with van der Waals surface area (Å²) in [6.07, 6.45) is 1.92. The molecule has 0 saturated carbocycles. The van der Waals surface area contributed by atoms with Gasteiger partial charge in [-0.2, -0.15) is 5.10 Å². The zero-order valence-corrected chi connectivity index (χ0v) is 11.9. The van der Waals surface area contributed by atoms with Crippen LogP contribution in [0.15, 0.2) is 36.5 Å². The standard InChI is InChI=1S/C16H17N5/c1-21-15-12(9-19-21)8-18-16-13(15)6-14(20-16)11-4-2-3-10(5-11)7-17/h2-6,9,18,20H,7-8,17H2,1H3. The number of aromatic amines is 1. The largest absolute Gasteiger partial charge is 0.367 e. The fourth-order valence-electron chi connectivity index (χ4n) is 2.95. The van der Waals surface area contributed by atoms with Gasteiger partial charge in [-0.3, -0.25) is 4.68 Å². The lowest BCUT2D eigenvalue weighted by Gasteiger charge is -2.14. The van der Waals surface area contributed by atoms with Crippen molar-refractivity contribution in [3.05, 3.63) is 47.7 Å².